The van der Waals surface area contributed by atoms with Gasteiger partial charge in [-0.15, -0.1) is 0 Å². The smallest absolute Gasteiger partial charge is 0.242 e. The van der Waals surface area contributed by atoms with E-state index in [1.54, 1.807) is 4.90 Å². The van der Waals surface area contributed by atoms with Crippen molar-refractivity contribution in [3.63, 3.8) is 0 Å². The van der Waals surface area contributed by atoms with Crippen molar-refractivity contribution in [3.8, 4) is 0 Å². The van der Waals surface area contributed by atoms with Gasteiger partial charge in [0.05, 0.1) is 5.92 Å². The summed E-state index contributed by atoms with van der Waals surface area (Å²) in [6, 6.07) is -0.364. The minimum atomic E-state index is -0.314. The second kappa shape index (κ2) is 5.90. The zero-order valence-corrected chi connectivity index (χ0v) is 11.9. The van der Waals surface area contributed by atoms with Crippen LogP contribution in [-0.4, -0.2) is 41.9 Å². The van der Waals surface area contributed by atoms with E-state index in [2.05, 4.69) is 12.2 Å². The van der Waals surface area contributed by atoms with Crippen LogP contribution in [0.2, 0.25) is 0 Å². The summed E-state index contributed by atoms with van der Waals surface area (Å²) < 4.78 is 0. The Morgan fingerprint density at radius 1 is 1.47 bits per heavy atom. The molecule has 0 aromatic rings. The van der Waals surface area contributed by atoms with Gasteiger partial charge >= 0.3 is 0 Å². The highest BCUT2D eigenvalue weighted by Gasteiger charge is 2.39. The van der Waals surface area contributed by atoms with Crippen molar-refractivity contribution in [2.24, 2.45) is 17.6 Å². The van der Waals surface area contributed by atoms with E-state index in [0.717, 1.165) is 19.3 Å². The van der Waals surface area contributed by atoms with Gasteiger partial charge in [-0.05, 0) is 31.6 Å². The van der Waals surface area contributed by atoms with Gasteiger partial charge in [0.2, 0.25) is 11.8 Å². The van der Waals surface area contributed by atoms with E-state index in [0.29, 0.717) is 25.4 Å². The first-order valence-electron chi connectivity index (χ1n) is 7.38. The van der Waals surface area contributed by atoms with Crippen LogP contribution in [0.25, 0.3) is 0 Å². The van der Waals surface area contributed by atoms with Gasteiger partial charge in [-0.2, -0.15) is 0 Å². The number of hydrogen-bond donors (Lipinski definition) is 2. The number of carbonyl (C=O) groups excluding carboxylic acids is 2. The summed E-state index contributed by atoms with van der Waals surface area (Å²) in [4.78, 5) is 26.3. The molecule has 2 fully saturated rings. The molecule has 108 valence electrons. The number of piperazine rings is 1. The predicted octanol–water partition coefficient (Wildman–Crippen LogP) is 0.487. The highest BCUT2D eigenvalue weighted by molar-refractivity contribution is 5.89. The zero-order chi connectivity index (χ0) is 14.0. The van der Waals surface area contributed by atoms with Gasteiger partial charge < -0.3 is 16.0 Å². The van der Waals surface area contributed by atoms with Gasteiger partial charge in [0.1, 0.15) is 6.04 Å². The fourth-order valence-corrected chi connectivity index (χ4v) is 3.29. The molecular weight excluding hydrogens is 242 g/mol. The summed E-state index contributed by atoms with van der Waals surface area (Å²) in [6.07, 6.45) is 3.53. The molecule has 1 heterocycles. The van der Waals surface area contributed by atoms with E-state index < -0.39 is 0 Å². The molecule has 4 atom stereocenters. The SMILES string of the molecule is CCC1C(=O)NCCN1C(=O)C1CC(C)CCC1N. The Morgan fingerprint density at radius 3 is 2.89 bits per heavy atom. The minimum absolute atomic E-state index is 0.0282. The Hall–Kier alpha value is -1.10. The van der Waals surface area contributed by atoms with Gasteiger partial charge in [-0.25, -0.2) is 0 Å². The third-order valence-electron chi connectivity index (χ3n) is 4.48. The van der Waals surface area contributed by atoms with E-state index in [1.807, 2.05) is 6.92 Å². The molecule has 0 spiro atoms. The van der Waals surface area contributed by atoms with Crippen LogP contribution in [0.3, 0.4) is 0 Å². The average Bonchev–Trinajstić information content (AvgIpc) is 2.40. The quantitative estimate of drug-likeness (QED) is 0.764. The molecule has 0 bridgehead atoms. The van der Waals surface area contributed by atoms with Crippen molar-refractivity contribution in [1.82, 2.24) is 10.2 Å². The van der Waals surface area contributed by atoms with Gasteiger partial charge in [0, 0.05) is 19.1 Å². The van der Waals surface area contributed by atoms with E-state index in [4.69, 9.17) is 5.73 Å². The Bertz CT molecular complexity index is 359. The molecule has 2 amide bonds. The van der Waals surface area contributed by atoms with Crippen LogP contribution in [0.1, 0.15) is 39.5 Å². The fraction of sp³-hybridized carbons (Fsp3) is 0.857. The van der Waals surface area contributed by atoms with Crippen molar-refractivity contribution in [1.29, 1.82) is 0 Å². The molecule has 1 aliphatic heterocycles. The molecule has 1 aliphatic carbocycles. The summed E-state index contributed by atoms with van der Waals surface area (Å²) in [5.41, 5.74) is 6.12. The predicted molar refractivity (Wildman–Crippen MR) is 73.3 cm³/mol. The third-order valence-corrected chi connectivity index (χ3v) is 4.48. The Kier molecular flexibility index (Phi) is 4.45. The molecule has 5 heteroatoms. The lowest BCUT2D eigenvalue weighted by Crippen LogP contribution is -2.60. The highest BCUT2D eigenvalue weighted by atomic mass is 16.2. The molecule has 5 nitrogen and oxygen atoms in total. The lowest BCUT2D eigenvalue weighted by molar-refractivity contribution is -0.148. The summed E-state index contributed by atoms with van der Waals surface area (Å²) in [7, 11) is 0. The summed E-state index contributed by atoms with van der Waals surface area (Å²) in [5, 5.41) is 2.83. The van der Waals surface area contributed by atoms with Crippen LogP contribution in [0.4, 0.5) is 0 Å². The van der Waals surface area contributed by atoms with Crippen LogP contribution in [-0.2, 0) is 9.59 Å². The minimum Gasteiger partial charge on any atom is -0.353 e. The summed E-state index contributed by atoms with van der Waals surface area (Å²) in [5.74, 6) is 0.497. The van der Waals surface area contributed by atoms with Gasteiger partial charge in [-0.1, -0.05) is 13.8 Å². The number of nitrogens with two attached hydrogens (primary N) is 1. The maximum Gasteiger partial charge on any atom is 0.242 e. The number of amides is 2. The van der Waals surface area contributed by atoms with E-state index in [-0.39, 0.29) is 29.8 Å². The van der Waals surface area contributed by atoms with E-state index in [9.17, 15) is 9.59 Å². The second-order valence-electron chi connectivity index (χ2n) is 5.94. The lowest BCUT2D eigenvalue weighted by Gasteiger charge is -2.40. The van der Waals surface area contributed by atoms with Crippen LogP contribution in [0, 0.1) is 11.8 Å². The number of nitrogens with zero attached hydrogens (tertiary/aromatic N) is 1. The number of nitrogens with one attached hydrogen (secondary N) is 1. The first kappa shape index (κ1) is 14.3. The first-order valence-corrected chi connectivity index (χ1v) is 7.38. The first-order chi connectivity index (χ1) is 9.04. The van der Waals surface area contributed by atoms with E-state index in [1.165, 1.54) is 0 Å². The van der Waals surface area contributed by atoms with Crippen LogP contribution >= 0.6 is 0 Å². The van der Waals surface area contributed by atoms with Crippen molar-refractivity contribution < 1.29 is 9.59 Å². The van der Waals surface area contributed by atoms with Crippen LogP contribution in [0.15, 0.2) is 0 Å². The Balaban J connectivity index is 2.10. The van der Waals surface area contributed by atoms with E-state index >= 15 is 0 Å². The molecule has 0 radical (unpaired) electrons. The largest absolute Gasteiger partial charge is 0.353 e. The Morgan fingerprint density at radius 2 is 2.21 bits per heavy atom. The molecule has 0 aromatic heterocycles. The standard InChI is InChI=1S/C14H25N3O2/c1-3-12-13(18)16-6-7-17(12)14(19)10-8-9(2)4-5-11(10)15/h9-12H,3-8,15H2,1-2H3,(H,16,18). The molecule has 0 aromatic carbocycles. The molecule has 1 saturated heterocycles. The normalized spacial score (nSPS) is 35.9. The molecular formula is C14H25N3O2. The topological polar surface area (TPSA) is 75.4 Å². The second-order valence-corrected chi connectivity index (χ2v) is 5.94. The highest BCUT2D eigenvalue weighted by Crippen LogP contribution is 2.30. The monoisotopic (exact) mass is 267 g/mol. The van der Waals surface area contributed by atoms with Gasteiger partial charge in [-0.3, -0.25) is 9.59 Å². The van der Waals surface area contributed by atoms with Crippen LogP contribution < -0.4 is 11.1 Å². The van der Waals surface area contributed by atoms with Gasteiger partial charge in [0.15, 0.2) is 0 Å². The lowest BCUT2D eigenvalue weighted by atomic mass is 9.78. The molecule has 2 aliphatic rings. The summed E-state index contributed by atoms with van der Waals surface area (Å²) >= 11 is 0. The van der Waals surface area contributed by atoms with Crippen LogP contribution in [0.5, 0.6) is 0 Å². The number of rotatable bonds is 2. The molecule has 3 N–H and O–H groups in total. The summed E-state index contributed by atoms with van der Waals surface area (Å²) in [6.45, 7) is 5.28. The van der Waals surface area contributed by atoms with Crippen molar-refractivity contribution in [2.75, 3.05) is 13.1 Å². The molecule has 1 saturated carbocycles. The Labute approximate surface area is 114 Å². The molecule has 4 unspecified atom stereocenters. The number of hydrogen-bond acceptors (Lipinski definition) is 3. The fourth-order valence-electron chi connectivity index (χ4n) is 3.29. The van der Waals surface area contributed by atoms with Crippen molar-refractivity contribution in [2.45, 2.75) is 51.6 Å². The molecule has 19 heavy (non-hydrogen) atoms. The average molecular weight is 267 g/mol. The maximum absolute atomic E-state index is 12.7. The van der Waals surface area contributed by atoms with Crippen molar-refractivity contribution >= 4 is 11.8 Å². The number of carbonyl (C=O) groups is 2. The van der Waals surface area contributed by atoms with Crippen molar-refractivity contribution in [3.05, 3.63) is 0 Å². The molecule has 2 rings (SSSR count). The third kappa shape index (κ3) is 2.91. The van der Waals surface area contributed by atoms with Gasteiger partial charge in [0.25, 0.3) is 0 Å². The zero-order valence-electron chi connectivity index (χ0n) is 11.9. The maximum atomic E-state index is 12.7.